The van der Waals surface area contributed by atoms with Crippen LogP contribution in [-0.2, 0) is 9.53 Å². The van der Waals surface area contributed by atoms with Crippen LogP contribution in [0.5, 0.6) is 0 Å². The molecule has 1 saturated heterocycles. The van der Waals surface area contributed by atoms with Crippen molar-refractivity contribution in [1.29, 1.82) is 0 Å². The van der Waals surface area contributed by atoms with Crippen LogP contribution >= 0.6 is 0 Å². The molecule has 1 fully saturated rings. The van der Waals surface area contributed by atoms with Gasteiger partial charge in [-0.05, 0) is 37.6 Å². The number of carbonyl (C=O) groups excluding carboxylic acids is 1. The van der Waals surface area contributed by atoms with Crippen molar-refractivity contribution in [3.05, 3.63) is 65.0 Å². The monoisotopic (exact) mass is 442 g/mol. The molecule has 32 heavy (non-hydrogen) atoms. The molecule has 0 bridgehead atoms. The molecule has 1 aliphatic heterocycles. The van der Waals surface area contributed by atoms with E-state index in [0.29, 0.717) is 42.4 Å². The van der Waals surface area contributed by atoms with E-state index in [1.807, 2.05) is 45.0 Å². The molecule has 1 amide bonds. The van der Waals surface area contributed by atoms with E-state index < -0.39 is 0 Å². The van der Waals surface area contributed by atoms with Crippen LogP contribution in [0.15, 0.2) is 42.3 Å². The minimum absolute atomic E-state index is 0.269. The first-order valence-electron chi connectivity index (χ1n) is 10.7. The number of hydrogen-bond acceptors (Lipinski definition) is 6. The van der Waals surface area contributed by atoms with E-state index in [1.165, 1.54) is 12.4 Å². The lowest BCUT2D eigenvalue weighted by Gasteiger charge is -2.25. The van der Waals surface area contributed by atoms with Gasteiger partial charge in [0.2, 0.25) is 0 Å². The summed E-state index contributed by atoms with van der Waals surface area (Å²) < 4.78 is 20.2. The molecule has 2 N–H and O–H groups in total. The second kappa shape index (κ2) is 11.0. The molecule has 3 rings (SSSR count). The largest absolute Gasteiger partial charge is 0.379 e. The van der Waals surface area contributed by atoms with Gasteiger partial charge in [0, 0.05) is 50.6 Å². The van der Waals surface area contributed by atoms with Gasteiger partial charge in [0.15, 0.2) is 0 Å². The fourth-order valence-corrected chi connectivity index (χ4v) is 3.42. The Hall–Kier alpha value is -3.04. The molecule has 0 aliphatic carbocycles. The Morgan fingerprint density at radius 1 is 1.38 bits per heavy atom. The SMILES string of the molecule is Cc1ccc(/C(=C/C(=C\CN2CCOCC2)C(=O)N[C@@H](C)c2ncn[nH]2)N(C)C)c(F)c1. The zero-order valence-corrected chi connectivity index (χ0v) is 19.1. The average molecular weight is 443 g/mol. The molecule has 1 aromatic carbocycles. The number of ether oxygens (including phenoxy) is 1. The van der Waals surface area contributed by atoms with Crippen LogP contribution in [-0.4, -0.2) is 77.8 Å². The highest BCUT2D eigenvalue weighted by molar-refractivity contribution is 5.98. The number of amides is 1. The summed E-state index contributed by atoms with van der Waals surface area (Å²) in [6.45, 7) is 7.21. The fraction of sp³-hybridized carbons (Fsp3) is 0.435. The number of hydrogen-bond donors (Lipinski definition) is 2. The van der Waals surface area contributed by atoms with Gasteiger partial charge in [-0.15, -0.1) is 0 Å². The maximum absolute atomic E-state index is 14.8. The molecule has 172 valence electrons. The highest BCUT2D eigenvalue weighted by Gasteiger charge is 2.18. The summed E-state index contributed by atoms with van der Waals surface area (Å²) in [7, 11) is 3.67. The summed E-state index contributed by atoms with van der Waals surface area (Å²) in [5, 5.41) is 9.56. The van der Waals surface area contributed by atoms with Crippen LogP contribution in [0.2, 0.25) is 0 Å². The number of H-pyrrole nitrogens is 1. The average Bonchev–Trinajstić information content (AvgIpc) is 3.30. The summed E-state index contributed by atoms with van der Waals surface area (Å²) in [5.74, 6) is -0.0331. The third-order valence-electron chi connectivity index (χ3n) is 5.30. The second-order valence-corrected chi connectivity index (χ2v) is 8.05. The fourth-order valence-electron chi connectivity index (χ4n) is 3.42. The molecule has 0 radical (unpaired) electrons. The van der Waals surface area contributed by atoms with Crippen LogP contribution in [0.25, 0.3) is 5.70 Å². The second-order valence-electron chi connectivity index (χ2n) is 8.05. The molecule has 9 heteroatoms. The Balaban J connectivity index is 1.92. The number of aryl methyl sites for hydroxylation is 1. The Bertz CT molecular complexity index is 965. The minimum atomic E-state index is -0.357. The van der Waals surface area contributed by atoms with E-state index >= 15 is 0 Å². The quantitative estimate of drug-likeness (QED) is 0.482. The number of nitrogens with zero attached hydrogens (tertiary/aromatic N) is 4. The lowest BCUT2D eigenvalue weighted by atomic mass is 10.0. The maximum atomic E-state index is 14.8. The van der Waals surface area contributed by atoms with Crippen LogP contribution in [0.3, 0.4) is 0 Å². The first-order chi connectivity index (χ1) is 15.3. The van der Waals surface area contributed by atoms with Crippen molar-refractivity contribution in [3.63, 3.8) is 0 Å². The number of carbonyl (C=O) groups is 1. The van der Waals surface area contributed by atoms with Crippen molar-refractivity contribution < 1.29 is 13.9 Å². The molecule has 1 atom stereocenters. The highest BCUT2D eigenvalue weighted by Crippen LogP contribution is 2.23. The van der Waals surface area contributed by atoms with Crippen LogP contribution in [0, 0.1) is 12.7 Å². The van der Waals surface area contributed by atoms with Gasteiger partial charge in [-0.25, -0.2) is 9.37 Å². The predicted octanol–water partition coefficient (Wildman–Crippen LogP) is 2.29. The van der Waals surface area contributed by atoms with Crippen LogP contribution < -0.4 is 5.32 Å². The van der Waals surface area contributed by atoms with E-state index in [0.717, 1.165) is 18.7 Å². The summed E-state index contributed by atoms with van der Waals surface area (Å²) >= 11 is 0. The molecule has 8 nitrogen and oxygen atoms in total. The normalized spacial score (nSPS) is 16.7. The van der Waals surface area contributed by atoms with E-state index in [9.17, 15) is 9.18 Å². The van der Waals surface area contributed by atoms with Crippen molar-refractivity contribution in [2.75, 3.05) is 46.9 Å². The molecular formula is C23H31FN6O2. The van der Waals surface area contributed by atoms with E-state index in [2.05, 4.69) is 25.4 Å². The Kier molecular flexibility index (Phi) is 8.13. The van der Waals surface area contributed by atoms with Gasteiger partial charge < -0.3 is 15.0 Å². The first-order valence-corrected chi connectivity index (χ1v) is 10.7. The van der Waals surface area contributed by atoms with Gasteiger partial charge in [0.25, 0.3) is 5.91 Å². The molecule has 1 aliphatic rings. The molecule has 1 aromatic heterocycles. The summed E-state index contributed by atoms with van der Waals surface area (Å²) in [6, 6.07) is 4.74. The Labute approximate surface area is 188 Å². The van der Waals surface area contributed by atoms with Crippen molar-refractivity contribution in [1.82, 2.24) is 30.3 Å². The number of benzene rings is 1. The molecule has 2 aromatic rings. The molecular weight excluding hydrogens is 411 g/mol. The summed E-state index contributed by atoms with van der Waals surface area (Å²) in [5.41, 5.74) is 2.34. The van der Waals surface area contributed by atoms with Gasteiger partial charge in [-0.2, -0.15) is 5.10 Å². The van der Waals surface area contributed by atoms with Gasteiger partial charge >= 0.3 is 0 Å². The Morgan fingerprint density at radius 3 is 2.75 bits per heavy atom. The van der Waals surface area contributed by atoms with Crippen molar-refractivity contribution in [3.8, 4) is 0 Å². The molecule has 0 unspecified atom stereocenters. The number of rotatable bonds is 8. The summed E-state index contributed by atoms with van der Waals surface area (Å²) in [6.07, 6.45) is 5.01. The number of halogens is 1. The third-order valence-corrected chi connectivity index (χ3v) is 5.30. The van der Waals surface area contributed by atoms with Gasteiger partial charge in [-0.3, -0.25) is 14.8 Å². The van der Waals surface area contributed by atoms with E-state index in [-0.39, 0.29) is 17.8 Å². The minimum Gasteiger partial charge on any atom is -0.379 e. The van der Waals surface area contributed by atoms with Crippen LogP contribution in [0.4, 0.5) is 4.39 Å². The standard InChI is InChI=1S/C23H31FN6O2/c1-16-5-6-19(20(24)13-16)21(29(3)4)14-18(7-8-30-9-11-32-12-10-30)23(31)27-17(2)22-25-15-26-28-22/h5-7,13-15,17H,8-12H2,1-4H3,(H,27,31)(H,25,26,28)/b18-7+,21-14-/t17-/m0/s1. The van der Waals surface area contributed by atoms with Gasteiger partial charge in [-0.1, -0.05) is 12.1 Å². The molecule has 2 heterocycles. The summed E-state index contributed by atoms with van der Waals surface area (Å²) in [4.78, 5) is 21.3. The topological polar surface area (TPSA) is 86.4 Å². The number of morpholine rings is 1. The lowest BCUT2D eigenvalue weighted by molar-refractivity contribution is -0.117. The lowest BCUT2D eigenvalue weighted by Crippen LogP contribution is -2.36. The zero-order valence-electron chi connectivity index (χ0n) is 19.1. The highest BCUT2D eigenvalue weighted by atomic mass is 19.1. The maximum Gasteiger partial charge on any atom is 0.251 e. The van der Waals surface area contributed by atoms with Gasteiger partial charge in [0.05, 0.1) is 19.3 Å². The molecule has 0 spiro atoms. The smallest absolute Gasteiger partial charge is 0.251 e. The van der Waals surface area contributed by atoms with Crippen LogP contribution in [0.1, 0.15) is 29.9 Å². The first kappa shape index (κ1) is 23.6. The van der Waals surface area contributed by atoms with Crippen molar-refractivity contribution >= 4 is 11.6 Å². The number of nitrogens with one attached hydrogen (secondary N) is 2. The van der Waals surface area contributed by atoms with Crippen molar-refractivity contribution in [2.24, 2.45) is 0 Å². The van der Waals surface area contributed by atoms with Crippen molar-refractivity contribution in [2.45, 2.75) is 19.9 Å². The van der Waals surface area contributed by atoms with Gasteiger partial charge in [0.1, 0.15) is 18.0 Å². The van der Waals surface area contributed by atoms with E-state index in [4.69, 9.17) is 4.74 Å². The van der Waals surface area contributed by atoms with E-state index in [1.54, 1.807) is 12.1 Å². The third kappa shape index (κ3) is 6.24. The predicted molar refractivity (Wildman–Crippen MR) is 121 cm³/mol. The Morgan fingerprint density at radius 2 is 2.12 bits per heavy atom. The zero-order chi connectivity index (χ0) is 23.1. The number of aromatic amines is 1. The molecule has 0 saturated carbocycles. The number of aromatic nitrogens is 3.